The van der Waals surface area contributed by atoms with Crippen LogP contribution in [0.3, 0.4) is 0 Å². The summed E-state index contributed by atoms with van der Waals surface area (Å²) >= 11 is 7.07. The highest BCUT2D eigenvalue weighted by molar-refractivity contribution is 9.11. The van der Waals surface area contributed by atoms with E-state index in [0.717, 1.165) is 25.6 Å². The second-order valence-electron chi connectivity index (χ2n) is 4.71. The van der Waals surface area contributed by atoms with Gasteiger partial charge in [0.1, 0.15) is 16.0 Å². The summed E-state index contributed by atoms with van der Waals surface area (Å²) in [7, 11) is 3.25. The van der Waals surface area contributed by atoms with Gasteiger partial charge in [0.15, 0.2) is 0 Å². The molecule has 0 aliphatic heterocycles. The minimum Gasteiger partial charge on any atom is -0.495 e. The first-order valence-corrected chi connectivity index (χ1v) is 8.00. The highest BCUT2D eigenvalue weighted by Crippen LogP contribution is 2.41. The fraction of sp³-hybridized carbons (Fsp3) is 0.250. The van der Waals surface area contributed by atoms with Crippen LogP contribution in [0.4, 0.5) is 0 Å². The molecule has 3 nitrogen and oxygen atoms in total. The van der Waals surface area contributed by atoms with Crippen molar-refractivity contribution in [3.05, 3.63) is 56.0 Å². The second-order valence-corrected chi connectivity index (χ2v) is 6.35. The average Bonchev–Trinajstić information content (AvgIpc) is 2.48. The Hall–Kier alpha value is -1.04. The van der Waals surface area contributed by atoms with Crippen molar-refractivity contribution in [1.82, 2.24) is 0 Å². The molecule has 0 spiro atoms. The van der Waals surface area contributed by atoms with Gasteiger partial charge in [0.05, 0.1) is 20.3 Å². The van der Waals surface area contributed by atoms with Crippen LogP contribution in [0.1, 0.15) is 22.7 Å². The molecule has 21 heavy (non-hydrogen) atoms. The number of methoxy groups -OCH3 is 2. The van der Waals surface area contributed by atoms with E-state index in [1.807, 2.05) is 31.2 Å². The predicted molar refractivity (Wildman–Crippen MR) is 92.2 cm³/mol. The molecule has 0 aliphatic carbocycles. The third-order valence-corrected chi connectivity index (χ3v) is 4.81. The van der Waals surface area contributed by atoms with Crippen LogP contribution in [0.2, 0.25) is 0 Å². The van der Waals surface area contributed by atoms with Gasteiger partial charge in [-0.1, -0.05) is 33.6 Å². The van der Waals surface area contributed by atoms with Gasteiger partial charge in [0, 0.05) is 10.0 Å². The number of ether oxygens (including phenoxy) is 2. The molecule has 0 saturated carbocycles. The highest BCUT2D eigenvalue weighted by Gasteiger charge is 2.20. The smallest absolute Gasteiger partial charge is 0.141 e. The van der Waals surface area contributed by atoms with Crippen molar-refractivity contribution in [2.75, 3.05) is 14.2 Å². The van der Waals surface area contributed by atoms with E-state index >= 15 is 0 Å². The highest BCUT2D eigenvalue weighted by atomic mass is 79.9. The van der Waals surface area contributed by atoms with Crippen LogP contribution in [-0.4, -0.2) is 14.2 Å². The predicted octanol–water partition coefficient (Wildman–Crippen LogP) is 4.59. The van der Waals surface area contributed by atoms with Crippen LogP contribution >= 0.6 is 31.9 Å². The molecule has 0 bridgehead atoms. The summed E-state index contributed by atoms with van der Waals surface area (Å²) in [5.74, 6) is 1.40. The van der Waals surface area contributed by atoms with E-state index in [9.17, 15) is 0 Å². The van der Waals surface area contributed by atoms with Crippen molar-refractivity contribution in [1.29, 1.82) is 0 Å². The molecule has 0 fully saturated rings. The second kappa shape index (κ2) is 6.81. The summed E-state index contributed by atoms with van der Waals surface area (Å²) < 4.78 is 12.6. The summed E-state index contributed by atoms with van der Waals surface area (Å²) in [6, 6.07) is 9.65. The lowest BCUT2D eigenvalue weighted by molar-refractivity contribution is 0.385. The lowest BCUT2D eigenvalue weighted by atomic mass is 9.97. The van der Waals surface area contributed by atoms with Crippen LogP contribution in [0.25, 0.3) is 0 Å². The fourth-order valence-electron chi connectivity index (χ4n) is 2.23. The third-order valence-electron chi connectivity index (χ3n) is 3.34. The number of rotatable bonds is 4. The first-order chi connectivity index (χ1) is 9.99. The standard InChI is InChI=1S/C16H17Br2NO2/c1-9-4-6-12(17)11(8-9)15(19)10-5-7-13(20-2)14(18)16(10)21-3/h4-8,15H,19H2,1-3H3. The lowest BCUT2D eigenvalue weighted by Crippen LogP contribution is -2.14. The molecule has 112 valence electrons. The number of halogens is 2. The van der Waals surface area contributed by atoms with Gasteiger partial charge in [-0.2, -0.15) is 0 Å². The summed E-state index contributed by atoms with van der Waals surface area (Å²) in [5.41, 5.74) is 9.53. The molecule has 2 N–H and O–H groups in total. The molecule has 0 aromatic heterocycles. The van der Waals surface area contributed by atoms with E-state index in [4.69, 9.17) is 15.2 Å². The first kappa shape index (κ1) is 16.3. The topological polar surface area (TPSA) is 44.5 Å². The Morgan fingerprint density at radius 3 is 2.33 bits per heavy atom. The minimum absolute atomic E-state index is 0.295. The summed E-state index contributed by atoms with van der Waals surface area (Å²) in [6.45, 7) is 2.05. The van der Waals surface area contributed by atoms with Gasteiger partial charge in [-0.15, -0.1) is 0 Å². The molecular weight excluding hydrogens is 398 g/mol. The number of benzene rings is 2. The minimum atomic E-state index is -0.295. The summed E-state index contributed by atoms with van der Waals surface area (Å²) in [5, 5.41) is 0. The molecule has 5 heteroatoms. The van der Waals surface area contributed by atoms with Gasteiger partial charge in [0.25, 0.3) is 0 Å². The molecule has 0 heterocycles. The Labute approximate surface area is 141 Å². The summed E-state index contributed by atoms with van der Waals surface area (Å²) in [4.78, 5) is 0. The quantitative estimate of drug-likeness (QED) is 0.795. The SMILES string of the molecule is COc1ccc(C(N)c2cc(C)ccc2Br)c(OC)c1Br. The van der Waals surface area contributed by atoms with Crippen LogP contribution < -0.4 is 15.2 Å². The van der Waals surface area contributed by atoms with E-state index in [0.29, 0.717) is 11.5 Å². The van der Waals surface area contributed by atoms with Gasteiger partial charge < -0.3 is 15.2 Å². The Morgan fingerprint density at radius 1 is 1.00 bits per heavy atom. The van der Waals surface area contributed by atoms with Gasteiger partial charge in [-0.3, -0.25) is 0 Å². The number of hydrogen-bond acceptors (Lipinski definition) is 3. The van der Waals surface area contributed by atoms with Crippen LogP contribution in [0, 0.1) is 6.92 Å². The van der Waals surface area contributed by atoms with E-state index in [-0.39, 0.29) is 6.04 Å². The number of hydrogen-bond donors (Lipinski definition) is 1. The van der Waals surface area contributed by atoms with E-state index in [2.05, 4.69) is 37.9 Å². The van der Waals surface area contributed by atoms with Crippen LogP contribution in [0.15, 0.2) is 39.3 Å². The van der Waals surface area contributed by atoms with E-state index in [1.54, 1.807) is 14.2 Å². The average molecular weight is 415 g/mol. The Morgan fingerprint density at radius 2 is 1.71 bits per heavy atom. The molecule has 2 aromatic carbocycles. The van der Waals surface area contributed by atoms with Crippen molar-refractivity contribution in [3.63, 3.8) is 0 Å². The van der Waals surface area contributed by atoms with Gasteiger partial charge >= 0.3 is 0 Å². The van der Waals surface area contributed by atoms with Crippen LogP contribution in [0.5, 0.6) is 11.5 Å². The zero-order valence-corrected chi connectivity index (χ0v) is 15.3. The molecule has 0 radical (unpaired) electrons. The van der Waals surface area contributed by atoms with Gasteiger partial charge in [0.2, 0.25) is 0 Å². The molecule has 0 saturated heterocycles. The maximum atomic E-state index is 6.45. The van der Waals surface area contributed by atoms with Crippen LogP contribution in [-0.2, 0) is 0 Å². The molecule has 0 amide bonds. The van der Waals surface area contributed by atoms with E-state index in [1.165, 1.54) is 0 Å². The normalized spacial score (nSPS) is 12.1. The van der Waals surface area contributed by atoms with Crippen molar-refractivity contribution >= 4 is 31.9 Å². The first-order valence-electron chi connectivity index (χ1n) is 6.41. The van der Waals surface area contributed by atoms with Crippen molar-refractivity contribution in [3.8, 4) is 11.5 Å². The monoisotopic (exact) mass is 413 g/mol. The molecule has 1 atom stereocenters. The van der Waals surface area contributed by atoms with Crippen molar-refractivity contribution in [2.24, 2.45) is 5.73 Å². The maximum absolute atomic E-state index is 6.45. The largest absolute Gasteiger partial charge is 0.495 e. The summed E-state index contributed by atoms with van der Waals surface area (Å²) in [6.07, 6.45) is 0. The number of aryl methyl sites for hydroxylation is 1. The third kappa shape index (κ3) is 3.25. The molecule has 0 aliphatic rings. The van der Waals surface area contributed by atoms with Crippen molar-refractivity contribution < 1.29 is 9.47 Å². The molecule has 2 rings (SSSR count). The molecule has 2 aromatic rings. The Balaban J connectivity index is 2.55. The molecule has 1 unspecified atom stereocenters. The maximum Gasteiger partial charge on any atom is 0.141 e. The lowest BCUT2D eigenvalue weighted by Gasteiger charge is -2.20. The Kier molecular flexibility index (Phi) is 5.30. The zero-order chi connectivity index (χ0) is 15.6. The molecular formula is C16H17Br2NO2. The Bertz CT molecular complexity index is 659. The number of nitrogens with two attached hydrogens (primary N) is 1. The van der Waals surface area contributed by atoms with E-state index < -0.39 is 0 Å². The van der Waals surface area contributed by atoms with Gasteiger partial charge in [-0.05, 0) is 46.6 Å². The van der Waals surface area contributed by atoms with Crippen molar-refractivity contribution in [2.45, 2.75) is 13.0 Å². The van der Waals surface area contributed by atoms with Gasteiger partial charge in [-0.25, -0.2) is 0 Å². The zero-order valence-electron chi connectivity index (χ0n) is 12.1. The fourth-order valence-corrected chi connectivity index (χ4v) is 3.41.